The van der Waals surface area contributed by atoms with E-state index in [4.69, 9.17) is 0 Å². The number of aliphatic carboxylic acids is 2. The van der Waals surface area contributed by atoms with E-state index < -0.39 is 39.1 Å². The molecule has 0 fully saturated rings. The molecule has 7 nitrogen and oxygen atoms in total. The van der Waals surface area contributed by atoms with Crippen LogP contribution < -0.4 is 0 Å². The van der Waals surface area contributed by atoms with Crippen LogP contribution in [-0.2, 0) is 19.7 Å². The van der Waals surface area contributed by atoms with Crippen molar-refractivity contribution in [3.63, 3.8) is 0 Å². The Bertz CT molecular complexity index is 564. The first-order chi connectivity index (χ1) is 12.0. The summed E-state index contributed by atoms with van der Waals surface area (Å²) in [6.07, 6.45) is 3.38. The van der Waals surface area contributed by atoms with Gasteiger partial charge in [0.1, 0.15) is 0 Å². The first-order valence-electron chi connectivity index (χ1n) is 9.44. The second kappa shape index (κ2) is 13.1. The van der Waals surface area contributed by atoms with E-state index in [9.17, 15) is 32.8 Å². The molecular weight excluding hydrogens is 383 g/mol. The van der Waals surface area contributed by atoms with Crippen molar-refractivity contribution in [2.75, 3.05) is 0 Å². The van der Waals surface area contributed by atoms with Crippen LogP contribution in [-0.4, -0.2) is 69.4 Å². The van der Waals surface area contributed by atoms with Gasteiger partial charge >= 0.3 is 41.5 Å². The van der Waals surface area contributed by atoms with Gasteiger partial charge in [-0.25, -0.2) is 0 Å². The van der Waals surface area contributed by atoms with E-state index in [1.807, 2.05) is 20.8 Å². The fraction of sp³-hybridized carbons (Fsp3) is 0.889. The van der Waals surface area contributed by atoms with Gasteiger partial charge in [-0.2, -0.15) is 8.42 Å². The minimum absolute atomic E-state index is 0. The first kappa shape index (κ1) is 29.1. The van der Waals surface area contributed by atoms with Gasteiger partial charge in [0.15, 0.2) is 0 Å². The van der Waals surface area contributed by atoms with Crippen LogP contribution >= 0.6 is 0 Å². The van der Waals surface area contributed by atoms with Gasteiger partial charge in [-0.15, -0.1) is 0 Å². The normalized spacial score (nSPS) is 17.2. The molecule has 4 unspecified atom stereocenters. The fourth-order valence-electron chi connectivity index (χ4n) is 3.78. The van der Waals surface area contributed by atoms with Gasteiger partial charge in [0.25, 0.3) is 10.1 Å². The molecule has 3 N–H and O–H groups in total. The standard InChI is InChI=1S/C18H34O7S.Na.H/c1-5-9-13(7-3)11-15(16(19)20)18(17(21)22,26(23,24)25)12-14(8-4)10-6-2;;/h13-15H,5-12H2,1-4H3,(H,19,20)(H,21,22)(H,23,24,25);;. The van der Waals surface area contributed by atoms with Gasteiger partial charge in [0, 0.05) is 0 Å². The van der Waals surface area contributed by atoms with Crippen LogP contribution in [0, 0.1) is 17.8 Å². The molecule has 0 aliphatic rings. The van der Waals surface area contributed by atoms with Crippen LogP contribution in [0.1, 0.15) is 79.1 Å². The van der Waals surface area contributed by atoms with Crippen molar-refractivity contribution in [3.05, 3.63) is 0 Å². The van der Waals surface area contributed by atoms with E-state index in [1.165, 1.54) is 0 Å². The predicted octanol–water partition coefficient (Wildman–Crippen LogP) is 3.18. The summed E-state index contributed by atoms with van der Waals surface area (Å²) >= 11 is 0. The van der Waals surface area contributed by atoms with Gasteiger partial charge in [0.2, 0.25) is 4.75 Å². The molecular formula is C18H35NaO7S. The molecule has 0 aliphatic carbocycles. The SMILES string of the molecule is CCCC(CC)CC(C(=O)O)C(CC(CC)CCC)(C(=O)O)S(=O)(=O)O.[NaH]. The molecule has 27 heavy (non-hydrogen) atoms. The van der Waals surface area contributed by atoms with Gasteiger partial charge in [-0.3, -0.25) is 14.1 Å². The monoisotopic (exact) mass is 418 g/mol. The van der Waals surface area contributed by atoms with Crippen molar-refractivity contribution < 1.29 is 32.8 Å². The number of hydrogen-bond acceptors (Lipinski definition) is 4. The summed E-state index contributed by atoms with van der Waals surface area (Å²) < 4.78 is 31.6. The van der Waals surface area contributed by atoms with Crippen LogP contribution in [0.15, 0.2) is 0 Å². The zero-order valence-electron chi connectivity index (χ0n) is 16.3. The molecule has 9 heteroatoms. The molecule has 0 bridgehead atoms. The summed E-state index contributed by atoms with van der Waals surface area (Å²) in [5.41, 5.74) is 0. The van der Waals surface area contributed by atoms with Crippen LogP contribution in [0.5, 0.6) is 0 Å². The number of rotatable bonds is 14. The molecule has 0 rings (SSSR count). The topological polar surface area (TPSA) is 129 Å². The molecule has 0 aromatic carbocycles. The van der Waals surface area contributed by atoms with E-state index in [0.29, 0.717) is 32.1 Å². The number of carbonyl (C=O) groups is 2. The van der Waals surface area contributed by atoms with Crippen LogP contribution in [0.3, 0.4) is 0 Å². The molecule has 0 radical (unpaired) electrons. The van der Waals surface area contributed by atoms with Gasteiger partial charge in [0.05, 0.1) is 5.92 Å². The Labute approximate surface area is 185 Å². The third-order valence-electron chi connectivity index (χ3n) is 5.39. The zero-order chi connectivity index (χ0) is 20.5. The molecule has 4 atom stereocenters. The Morgan fingerprint density at radius 2 is 1.37 bits per heavy atom. The fourth-order valence-corrected chi connectivity index (χ4v) is 5.01. The first-order valence-corrected chi connectivity index (χ1v) is 10.9. The average molecular weight is 419 g/mol. The second-order valence-corrected chi connectivity index (χ2v) is 8.80. The maximum atomic E-state index is 12.2. The summed E-state index contributed by atoms with van der Waals surface area (Å²) in [6.45, 7) is 7.49. The van der Waals surface area contributed by atoms with Crippen molar-refractivity contribution in [3.8, 4) is 0 Å². The van der Waals surface area contributed by atoms with Crippen LogP contribution in [0.25, 0.3) is 0 Å². The van der Waals surface area contributed by atoms with Gasteiger partial charge in [-0.1, -0.05) is 66.2 Å². The third kappa shape index (κ3) is 7.65. The Hall–Kier alpha value is -0.150. The molecule has 0 heterocycles. The molecule has 0 aromatic heterocycles. The Morgan fingerprint density at radius 1 is 0.926 bits per heavy atom. The van der Waals surface area contributed by atoms with E-state index in [2.05, 4.69) is 0 Å². The Balaban J connectivity index is 0. The molecule has 0 saturated carbocycles. The number of carboxylic acid groups (broad SMARTS) is 2. The molecule has 0 aliphatic heterocycles. The number of carboxylic acids is 2. The van der Waals surface area contributed by atoms with Crippen molar-refractivity contribution in [1.82, 2.24) is 0 Å². The number of hydrogen-bond donors (Lipinski definition) is 3. The van der Waals surface area contributed by atoms with Crippen LogP contribution in [0.2, 0.25) is 0 Å². The quantitative estimate of drug-likeness (QED) is 0.292. The zero-order valence-corrected chi connectivity index (χ0v) is 17.1. The molecule has 156 valence electrons. The Kier molecular flexibility index (Phi) is 14.1. The van der Waals surface area contributed by atoms with Crippen molar-refractivity contribution in [2.24, 2.45) is 17.8 Å². The van der Waals surface area contributed by atoms with Gasteiger partial charge < -0.3 is 10.2 Å². The molecule has 0 spiro atoms. The molecule has 0 aromatic rings. The summed E-state index contributed by atoms with van der Waals surface area (Å²) in [4.78, 5) is 24.0. The predicted molar refractivity (Wildman–Crippen MR) is 107 cm³/mol. The molecule has 0 amide bonds. The summed E-state index contributed by atoms with van der Waals surface area (Å²) in [5.74, 6) is -5.39. The minimum atomic E-state index is -5.14. The van der Waals surface area contributed by atoms with Crippen molar-refractivity contribution in [2.45, 2.75) is 83.8 Å². The summed E-state index contributed by atoms with van der Waals surface area (Å²) in [6, 6.07) is 0. The molecule has 0 saturated heterocycles. The van der Waals surface area contributed by atoms with E-state index in [-0.39, 0.29) is 47.8 Å². The van der Waals surface area contributed by atoms with Crippen LogP contribution in [0.4, 0.5) is 0 Å². The Morgan fingerprint density at radius 3 is 1.67 bits per heavy atom. The second-order valence-electron chi connectivity index (χ2n) is 7.13. The summed E-state index contributed by atoms with van der Waals surface area (Å²) in [5, 5.41) is 19.5. The van der Waals surface area contributed by atoms with E-state index >= 15 is 0 Å². The summed E-state index contributed by atoms with van der Waals surface area (Å²) in [7, 11) is -5.14. The maximum absolute atomic E-state index is 12.2. The van der Waals surface area contributed by atoms with Gasteiger partial charge in [-0.05, 0) is 24.7 Å². The third-order valence-corrected chi connectivity index (χ3v) is 6.94. The average Bonchev–Trinajstić information content (AvgIpc) is 2.54. The van der Waals surface area contributed by atoms with Crippen molar-refractivity contribution >= 4 is 51.6 Å². The van der Waals surface area contributed by atoms with E-state index in [1.54, 1.807) is 6.92 Å². The van der Waals surface area contributed by atoms with E-state index in [0.717, 1.165) is 6.42 Å². The van der Waals surface area contributed by atoms with Crippen molar-refractivity contribution in [1.29, 1.82) is 0 Å².